The van der Waals surface area contributed by atoms with Crippen molar-refractivity contribution in [3.05, 3.63) is 29.6 Å². The third-order valence-corrected chi connectivity index (χ3v) is 2.74. The molecular weight excluding hydrogens is 291 g/mol. The van der Waals surface area contributed by atoms with Crippen LogP contribution in [-0.4, -0.2) is 38.2 Å². The number of rotatable bonds is 6. The molecule has 3 N–H and O–H groups in total. The van der Waals surface area contributed by atoms with Crippen LogP contribution in [0.4, 0.5) is 10.1 Å². The highest BCUT2D eigenvalue weighted by molar-refractivity contribution is 7.92. The van der Waals surface area contributed by atoms with E-state index in [9.17, 15) is 22.4 Å². The highest BCUT2D eigenvalue weighted by Crippen LogP contribution is 2.18. The SMILES string of the molecule is CS(=O)(=O)Nc1ccc(F)cc1C(=O)NCCC(=O)O. The first-order valence-corrected chi connectivity index (χ1v) is 7.35. The average Bonchev–Trinajstić information content (AvgIpc) is 2.29. The first-order valence-electron chi connectivity index (χ1n) is 5.46. The van der Waals surface area contributed by atoms with Crippen molar-refractivity contribution in [1.82, 2.24) is 5.32 Å². The number of aliphatic carboxylic acids is 1. The lowest BCUT2D eigenvalue weighted by atomic mass is 10.1. The number of hydrogen-bond donors (Lipinski definition) is 3. The van der Waals surface area contributed by atoms with Crippen LogP contribution >= 0.6 is 0 Å². The molecule has 0 radical (unpaired) electrons. The number of carboxylic acid groups (broad SMARTS) is 1. The number of hydrogen-bond acceptors (Lipinski definition) is 4. The Balaban J connectivity index is 2.94. The largest absolute Gasteiger partial charge is 0.481 e. The van der Waals surface area contributed by atoms with Crippen molar-refractivity contribution in [3.8, 4) is 0 Å². The minimum absolute atomic E-state index is 0.0817. The monoisotopic (exact) mass is 304 g/mol. The molecule has 0 aliphatic rings. The highest BCUT2D eigenvalue weighted by Gasteiger charge is 2.15. The van der Waals surface area contributed by atoms with Gasteiger partial charge in [0.2, 0.25) is 10.0 Å². The molecular formula is C11H13FN2O5S. The molecule has 0 aliphatic heterocycles. The topological polar surface area (TPSA) is 113 Å². The number of carbonyl (C=O) groups excluding carboxylic acids is 1. The van der Waals surface area contributed by atoms with Gasteiger partial charge in [-0.2, -0.15) is 0 Å². The Morgan fingerprint density at radius 1 is 1.35 bits per heavy atom. The van der Waals surface area contributed by atoms with Crippen LogP contribution < -0.4 is 10.0 Å². The molecule has 0 aliphatic carbocycles. The second-order valence-electron chi connectivity index (χ2n) is 3.96. The van der Waals surface area contributed by atoms with E-state index < -0.39 is 27.7 Å². The average molecular weight is 304 g/mol. The number of amides is 1. The van der Waals surface area contributed by atoms with E-state index in [-0.39, 0.29) is 24.2 Å². The fourth-order valence-electron chi connectivity index (χ4n) is 1.37. The summed E-state index contributed by atoms with van der Waals surface area (Å²) in [5, 5.41) is 10.7. The van der Waals surface area contributed by atoms with Crippen LogP contribution in [0.25, 0.3) is 0 Å². The summed E-state index contributed by atoms with van der Waals surface area (Å²) in [6.07, 6.45) is 0.596. The summed E-state index contributed by atoms with van der Waals surface area (Å²) < 4.78 is 37.5. The Bertz CT molecular complexity index is 630. The molecule has 110 valence electrons. The van der Waals surface area contributed by atoms with Gasteiger partial charge in [0.25, 0.3) is 5.91 Å². The van der Waals surface area contributed by atoms with Gasteiger partial charge in [-0.15, -0.1) is 0 Å². The molecule has 0 atom stereocenters. The number of benzene rings is 1. The van der Waals surface area contributed by atoms with Crippen LogP contribution in [0.1, 0.15) is 16.8 Å². The standard InChI is InChI=1S/C11H13FN2O5S/c1-20(18,19)14-9-3-2-7(12)6-8(9)11(17)13-5-4-10(15)16/h2-3,6,14H,4-5H2,1H3,(H,13,17)(H,15,16). The van der Waals surface area contributed by atoms with E-state index in [1.165, 1.54) is 0 Å². The molecule has 1 aromatic carbocycles. The second-order valence-corrected chi connectivity index (χ2v) is 5.71. The van der Waals surface area contributed by atoms with Crippen molar-refractivity contribution < 1.29 is 27.5 Å². The summed E-state index contributed by atoms with van der Waals surface area (Å²) in [6, 6.07) is 2.98. The van der Waals surface area contributed by atoms with Gasteiger partial charge in [-0.1, -0.05) is 0 Å². The maximum atomic E-state index is 13.1. The molecule has 0 unspecified atom stereocenters. The normalized spacial score (nSPS) is 10.9. The van der Waals surface area contributed by atoms with E-state index in [0.29, 0.717) is 0 Å². The van der Waals surface area contributed by atoms with Gasteiger partial charge < -0.3 is 10.4 Å². The van der Waals surface area contributed by atoms with Crippen molar-refractivity contribution in [2.24, 2.45) is 0 Å². The molecule has 0 fully saturated rings. The fourth-order valence-corrected chi connectivity index (χ4v) is 1.95. The van der Waals surface area contributed by atoms with E-state index >= 15 is 0 Å². The highest BCUT2D eigenvalue weighted by atomic mass is 32.2. The number of nitrogens with one attached hydrogen (secondary N) is 2. The zero-order valence-corrected chi connectivity index (χ0v) is 11.3. The van der Waals surface area contributed by atoms with Gasteiger partial charge in [0.15, 0.2) is 0 Å². The molecule has 0 saturated carbocycles. The van der Waals surface area contributed by atoms with Crippen LogP contribution in [0.15, 0.2) is 18.2 Å². The Morgan fingerprint density at radius 3 is 2.55 bits per heavy atom. The van der Waals surface area contributed by atoms with Gasteiger partial charge in [0.05, 0.1) is 23.9 Å². The second kappa shape index (κ2) is 6.33. The molecule has 9 heteroatoms. The van der Waals surface area contributed by atoms with Crippen molar-refractivity contribution >= 4 is 27.6 Å². The van der Waals surface area contributed by atoms with Crippen LogP contribution in [0.3, 0.4) is 0 Å². The predicted molar refractivity (Wildman–Crippen MR) is 69.5 cm³/mol. The molecule has 0 heterocycles. The zero-order valence-electron chi connectivity index (χ0n) is 10.5. The van der Waals surface area contributed by atoms with E-state index in [1.54, 1.807) is 0 Å². The van der Waals surface area contributed by atoms with E-state index in [4.69, 9.17) is 5.11 Å². The van der Waals surface area contributed by atoms with E-state index in [0.717, 1.165) is 24.5 Å². The Labute approximate surface area is 114 Å². The lowest BCUT2D eigenvalue weighted by molar-refractivity contribution is -0.136. The summed E-state index contributed by atoms with van der Waals surface area (Å²) in [5.74, 6) is -2.58. The minimum Gasteiger partial charge on any atom is -0.481 e. The minimum atomic E-state index is -3.63. The van der Waals surface area contributed by atoms with Crippen LogP contribution in [-0.2, 0) is 14.8 Å². The van der Waals surface area contributed by atoms with E-state index in [2.05, 4.69) is 10.0 Å². The zero-order chi connectivity index (χ0) is 15.3. The summed E-state index contributed by atoms with van der Waals surface area (Å²) in [6.45, 7) is -0.150. The first kappa shape index (κ1) is 15.9. The summed E-state index contributed by atoms with van der Waals surface area (Å²) >= 11 is 0. The number of carbonyl (C=O) groups is 2. The maximum absolute atomic E-state index is 13.1. The van der Waals surface area contributed by atoms with Gasteiger partial charge in [0, 0.05) is 6.54 Å². The van der Waals surface area contributed by atoms with Gasteiger partial charge in [-0.3, -0.25) is 14.3 Å². The third kappa shape index (κ3) is 5.22. The summed E-state index contributed by atoms with van der Waals surface area (Å²) in [7, 11) is -3.63. The summed E-state index contributed by atoms with van der Waals surface area (Å²) in [5.41, 5.74) is -0.303. The van der Waals surface area contributed by atoms with Crippen LogP contribution in [0, 0.1) is 5.82 Å². The van der Waals surface area contributed by atoms with Gasteiger partial charge in [0.1, 0.15) is 5.82 Å². The molecule has 0 aromatic heterocycles. The Hall–Kier alpha value is -2.16. The fraction of sp³-hybridized carbons (Fsp3) is 0.273. The lowest BCUT2D eigenvalue weighted by Crippen LogP contribution is -2.27. The van der Waals surface area contributed by atoms with Crippen LogP contribution in [0.2, 0.25) is 0 Å². The number of sulfonamides is 1. The third-order valence-electron chi connectivity index (χ3n) is 2.15. The molecule has 1 aromatic rings. The first-order chi connectivity index (χ1) is 9.19. The van der Waals surface area contributed by atoms with Crippen molar-refractivity contribution in [2.75, 3.05) is 17.5 Å². The maximum Gasteiger partial charge on any atom is 0.305 e. The van der Waals surface area contributed by atoms with Crippen molar-refractivity contribution in [3.63, 3.8) is 0 Å². The molecule has 0 spiro atoms. The Morgan fingerprint density at radius 2 is 2.00 bits per heavy atom. The molecule has 20 heavy (non-hydrogen) atoms. The molecule has 7 nitrogen and oxygen atoms in total. The Kier molecular flexibility index (Phi) is 5.03. The molecule has 1 rings (SSSR count). The van der Waals surface area contributed by atoms with Crippen LogP contribution in [0.5, 0.6) is 0 Å². The molecule has 0 bridgehead atoms. The predicted octanol–water partition coefficient (Wildman–Crippen LogP) is 0.402. The lowest BCUT2D eigenvalue weighted by Gasteiger charge is -2.10. The smallest absolute Gasteiger partial charge is 0.305 e. The molecule has 0 saturated heterocycles. The molecule has 1 amide bonds. The number of anilines is 1. The van der Waals surface area contributed by atoms with Crippen molar-refractivity contribution in [1.29, 1.82) is 0 Å². The van der Waals surface area contributed by atoms with Crippen molar-refractivity contribution in [2.45, 2.75) is 6.42 Å². The van der Waals surface area contributed by atoms with Gasteiger partial charge in [-0.05, 0) is 18.2 Å². The van der Waals surface area contributed by atoms with E-state index in [1.807, 2.05) is 0 Å². The summed E-state index contributed by atoms with van der Waals surface area (Å²) in [4.78, 5) is 22.1. The quantitative estimate of drug-likeness (QED) is 0.704. The van der Waals surface area contributed by atoms with Gasteiger partial charge in [-0.25, -0.2) is 12.8 Å². The number of carboxylic acids is 1. The van der Waals surface area contributed by atoms with Gasteiger partial charge >= 0.3 is 5.97 Å². The number of halogens is 1.